The molecule has 0 saturated carbocycles. The standard InChI is InChI=1S/C16H12N4O3S/c21-13-7-20(12-4-2-1-3-11(12)18-13)14(22)8-19-9-17-15-10(16(19)23)5-6-24-15/h1-6,9H,7-8H2,(H,18,21). The molecular formula is C16H12N4O3S. The van der Waals surface area contributed by atoms with Crippen molar-refractivity contribution in [2.24, 2.45) is 0 Å². The second-order valence-electron chi connectivity index (χ2n) is 5.36. The molecule has 4 rings (SSSR count). The maximum Gasteiger partial charge on any atom is 0.262 e. The fourth-order valence-electron chi connectivity index (χ4n) is 2.69. The minimum Gasteiger partial charge on any atom is -0.323 e. The SMILES string of the molecule is O=C1CN(C(=O)Cn2cnc3sccc3c2=O)c2ccccc2N1. The maximum atomic E-state index is 12.7. The lowest BCUT2D eigenvalue weighted by atomic mass is 10.2. The molecule has 3 heterocycles. The van der Waals surface area contributed by atoms with E-state index in [9.17, 15) is 14.4 Å². The van der Waals surface area contributed by atoms with Crippen molar-refractivity contribution in [3.05, 3.63) is 52.4 Å². The Bertz CT molecular complexity index is 1020. The Labute approximate surface area is 140 Å². The summed E-state index contributed by atoms with van der Waals surface area (Å²) < 4.78 is 1.27. The summed E-state index contributed by atoms with van der Waals surface area (Å²) >= 11 is 1.38. The van der Waals surface area contributed by atoms with Gasteiger partial charge < -0.3 is 5.32 Å². The summed E-state index contributed by atoms with van der Waals surface area (Å²) in [6.07, 6.45) is 1.37. The van der Waals surface area contributed by atoms with Crippen LogP contribution in [0.15, 0.2) is 46.8 Å². The Hall–Kier alpha value is -3.00. The van der Waals surface area contributed by atoms with E-state index in [1.165, 1.54) is 27.1 Å². The van der Waals surface area contributed by atoms with Crippen molar-refractivity contribution >= 4 is 44.7 Å². The molecule has 0 radical (unpaired) electrons. The number of hydrogen-bond donors (Lipinski definition) is 1. The highest BCUT2D eigenvalue weighted by Crippen LogP contribution is 2.29. The molecule has 0 saturated heterocycles. The lowest BCUT2D eigenvalue weighted by Gasteiger charge is -2.29. The lowest BCUT2D eigenvalue weighted by Crippen LogP contribution is -2.44. The molecule has 1 aromatic carbocycles. The average Bonchev–Trinajstić information content (AvgIpc) is 3.06. The van der Waals surface area contributed by atoms with Gasteiger partial charge in [0.2, 0.25) is 11.8 Å². The van der Waals surface area contributed by atoms with Gasteiger partial charge >= 0.3 is 0 Å². The third kappa shape index (κ3) is 2.37. The van der Waals surface area contributed by atoms with Crippen LogP contribution in [0.1, 0.15) is 0 Å². The number of thiophene rings is 1. The van der Waals surface area contributed by atoms with Gasteiger partial charge in [-0.1, -0.05) is 12.1 Å². The van der Waals surface area contributed by atoms with Crippen LogP contribution >= 0.6 is 11.3 Å². The fraction of sp³-hybridized carbons (Fsp3) is 0.125. The van der Waals surface area contributed by atoms with Gasteiger partial charge in [0.05, 0.1) is 23.1 Å². The van der Waals surface area contributed by atoms with E-state index >= 15 is 0 Å². The molecular weight excluding hydrogens is 328 g/mol. The summed E-state index contributed by atoms with van der Waals surface area (Å²) in [5.74, 6) is -0.600. The number of amides is 2. The summed E-state index contributed by atoms with van der Waals surface area (Å²) in [7, 11) is 0. The highest BCUT2D eigenvalue weighted by molar-refractivity contribution is 7.16. The van der Waals surface area contributed by atoms with Gasteiger partial charge in [-0.05, 0) is 23.6 Å². The molecule has 0 fully saturated rings. The van der Waals surface area contributed by atoms with E-state index in [1.807, 2.05) is 0 Å². The number of benzene rings is 1. The Morgan fingerprint density at radius 2 is 2.08 bits per heavy atom. The van der Waals surface area contributed by atoms with Crippen LogP contribution < -0.4 is 15.8 Å². The molecule has 8 heteroatoms. The summed E-state index contributed by atoms with van der Waals surface area (Å²) in [5.41, 5.74) is 0.949. The van der Waals surface area contributed by atoms with E-state index < -0.39 is 0 Å². The Morgan fingerprint density at radius 1 is 1.25 bits per heavy atom. The van der Waals surface area contributed by atoms with Gasteiger partial charge in [0.15, 0.2) is 0 Å². The largest absolute Gasteiger partial charge is 0.323 e. The van der Waals surface area contributed by atoms with Gasteiger partial charge in [0.1, 0.15) is 17.9 Å². The van der Waals surface area contributed by atoms with Crippen molar-refractivity contribution in [2.75, 3.05) is 16.8 Å². The first-order valence-corrected chi connectivity index (χ1v) is 8.13. The number of carbonyl (C=O) groups is 2. The van der Waals surface area contributed by atoms with Crippen molar-refractivity contribution in [2.45, 2.75) is 6.54 Å². The molecule has 24 heavy (non-hydrogen) atoms. The molecule has 120 valence electrons. The normalized spacial score (nSPS) is 13.7. The quantitative estimate of drug-likeness (QED) is 0.765. The van der Waals surface area contributed by atoms with E-state index in [4.69, 9.17) is 0 Å². The first-order chi connectivity index (χ1) is 11.6. The van der Waals surface area contributed by atoms with Crippen LogP contribution in [0.5, 0.6) is 0 Å². The number of nitrogens with zero attached hydrogens (tertiary/aromatic N) is 3. The summed E-state index contributed by atoms with van der Waals surface area (Å²) in [6.45, 7) is -0.238. The Kier molecular flexibility index (Phi) is 3.39. The summed E-state index contributed by atoms with van der Waals surface area (Å²) in [4.78, 5) is 43.1. The molecule has 1 aliphatic rings. The number of anilines is 2. The number of hydrogen-bond acceptors (Lipinski definition) is 5. The maximum absolute atomic E-state index is 12.7. The molecule has 1 N–H and O–H groups in total. The summed E-state index contributed by atoms with van der Waals surface area (Å²) in [5, 5.41) is 5.01. The first-order valence-electron chi connectivity index (χ1n) is 7.25. The fourth-order valence-corrected chi connectivity index (χ4v) is 3.42. The van der Waals surface area contributed by atoms with Crippen LogP contribution in [-0.2, 0) is 16.1 Å². The molecule has 0 atom stereocenters. The third-order valence-corrected chi connectivity index (χ3v) is 4.65. The van der Waals surface area contributed by atoms with Crippen LogP contribution in [0, 0.1) is 0 Å². The minimum absolute atomic E-state index is 0.0707. The minimum atomic E-state index is -0.337. The highest BCUT2D eigenvalue weighted by atomic mass is 32.1. The monoisotopic (exact) mass is 340 g/mol. The van der Waals surface area contributed by atoms with Crippen LogP contribution in [0.4, 0.5) is 11.4 Å². The van der Waals surface area contributed by atoms with E-state index in [0.29, 0.717) is 21.6 Å². The van der Waals surface area contributed by atoms with Crippen molar-refractivity contribution in [3.63, 3.8) is 0 Å². The van der Waals surface area contributed by atoms with Gasteiger partial charge in [-0.3, -0.25) is 23.9 Å². The molecule has 0 spiro atoms. The molecule has 0 bridgehead atoms. The zero-order valence-corrected chi connectivity index (χ0v) is 13.2. The van der Waals surface area contributed by atoms with E-state index in [2.05, 4.69) is 10.3 Å². The van der Waals surface area contributed by atoms with Crippen molar-refractivity contribution in [3.8, 4) is 0 Å². The Balaban J connectivity index is 1.68. The van der Waals surface area contributed by atoms with Crippen LogP contribution in [0.25, 0.3) is 10.2 Å². The predicted molar refractivity (Wildman–Crippen MR) is 91.3 cm³/mol. The number of nitrogens with one attached hydrogen (secondary N) is 1. The van der Waals surface area contributed by atoms with Crippen molar-refractivity contribution < 1.29 is 9.59 Å². The smallest absolute Gasteiger partial charge is 0.262 e. The zero-order valence-electron chi connectivity index (χ0n) is 12.4. The van der Waals surface area contributed by atoms with Crippen LogP contribution in [0.3, 0.4) is 0 Å². The predicted octanol–water partition coefficient (Wildman–Crippen LogP) is 1.44. The number of carbonyl (C=O) groups excluding carboxylic acids is 2. The van der Waals surface area contributed by atoms with Crippen LogP contribution in [-0.4, -0.2) is 27.9 Å². The molecule has 0 aliphatic carbocycles. The lowest BCUT2D eigenvalue weighted by molar-refractivity contribution is -0.122. The molecule has 7 nitrogen and oxygen atoms in total. The number of rotatable bonds is 2. The summed E-state index contributed by atoms with van der Waals surface area (Å²) in [6, 6.07) is 8.77. The van der Waals surface area contributed by atoms with Gasteiger partial charge in [0.25, 0.3) is 5.56 Å². The second kappa shape index (κ2) is 5.57. The number of aromatic nitrogens is 2. The van der Waals surface area contributed by atoms with Crippen molar-refractivity contribution in [1.29, 1.82) is 0 Å². The highest BCUT2D eigenvalue weighted by Gasteiger charge is 2.26. The van der Waals surface area contributed by atoms with Crippen LogP contribution in [0.2, 0.25) is 0 Å². The second-order valence-corrected chi connectivity index (χ2v) is 6.26. The molecule has 2 amide bonds. The molecule has 0 unspecified atom stereocenters. The van der Waals surface area contributed by atoms with Gasteiger partial charge in [-0.2, -0.15) is 0 Å². The zero-order chi connectivity index (χ0) is 16.7. The number of para-hydroxylation sites is 2. The molecule has 2 aromatic heterocycles. The molecule has 1 aliphatic heterocycles. The number of fused-ring (bicyclic) bond motifs is 2. The van der Waals surface area contributed by atoms with Gasteiger partial charge in [-0.25, -0.2) is 4.98 Å². The average molecular weight is 340 g/mol. The first kappa shape index (κ1) is 14.6. The van der Waals surface area contributed by atoms with Gasteiger partial charge in [0, 0.05) is 0 Å². The van der Waals surface area contributed by atoms with Gasteiger partial charge in [-0.15, -0.1) is 11.3 Å². The van der Waals surface area contributed by atoms with E-state index in [0.717, 1.165) is 0 Å². The topological polar surface area (TPSA) is 84.3 Å². The third-order valence-electron chi connectivity index (χ3n) is 3.83. The van der Waals surface area contributed by atoms with E-state index in [1.54, 1.807) is 35.7 Å². The van der Waals surface area contributed by atoms with E-state index in [-0.39, 0.29) is 30.5 Å². The Morgan fingerprint density at radius 3 is 2.96 bits per heavy atom. The molecule has 3 aromatic rings. The van der Waals surface area contributed by atoms with Crippen molar-refractivity contribution in [1.82, 2.24) is 9.55 Å².